The molecule has 1 aliphatic heterocycles. The van der Waals surface area contributed by atoms with E-state index in [4.69, 9.17) is 0 Å². The van der Waals surface area contributed by atoms with Crippen LogP contribution in [0.2, 0.25) is 0 Å². The van der Waals surface area contributed by atoms with Crippen LogP contribution < -0.4 is 0 Å². The monoisotopic (exact) mass is 197 g/mol. The second-order valence-electron chi connectivity index (χ2n) is 5.05. The van der Waals surface area contributed by atoms with Gasteiger partial charge in [-0.1, -0.05) is 20.3 Å². The van der Waals surface area contributed by atoms with Gasteiger partial charge < -0.3 is 0 Å². The van der Waals surface area contributed by atoms with Crippen molar-refractivity contribution in [2.45, 2.75) is 53.0 Å². The molecule has 1 heterocycles. The summed E-state index contributed by atoms with van der Waals surface area (Å²) in [5.74, 6) is 0.301. The highest BCUT2D eigenvalue weighted by molar-refractivity contribution is 5.82. The fourth-order valence-corrected chi connectivity index (χ4v) is 2.06. The number of likely N-dealkylation sites (tertiary alicyclic amines) is 1. The predicted octanol–water partition coefficient (Wildman–Crippen LogP) is 2.48. The molecule has 1 aliphatic rings. The highest BCUT2D eigenvalue weighted by Crippen LogP contribution is 2.28. The molecule has 1 atom stereocenters. The van der Waals surface area contributed by atoms with Crippen LogP contribution in [0, 0.1) is 5.41 Å². The number of nitrogens with zero attached hydrogens (tertiary/aromatic N) is 1. The normalized spacial score (nSPS) is 22.0. The van der Waals surface area contributed by atoms with Gasteiger partial charge in [-0.15, -0.1) is 0 Å². The third-order valence-corrected chi connectivity index (χ3v) is 3.89. The zero-order valence-corrected chi connectivity index (χ0v) is 9.97. The van der Waals surface area contributed by atoms with Gasteiger partial charge >= 0.3 is 0 Å². The third-order valence-electron chi connectivity index (χ3n) is 3.89. The Kier molecular flexibility index (Phi) is 3.71. The minimum atomic E-state index is -0.197. The van der Waals surface area contributed by atoms with E-state index in [1.54, 1.807) is 6.92 Å². The number of ketones is 1. The summed E-state index contributed by atoms with van der Waals surface area (Å²) >= 11 is 0. The lowest BCUT2D eigenvalue weighted by Gasteiger charge is -2.40. The molecule has 0 aromatic heterocycles. The van der Waals surface area contributed by atoms with E-state index in [-0.39, 0.29) is 5.41 Å². The van der Waals surface area contributed by atoms with Crippen LogP contribution in [0.15, 0.2) is 0 Å². The molecule has 2 heteroatoms. The standard InChI is InChI=1S/C12H23NO/c1-10(12(3,4)11(2)14)13-8-6-5-7-9-13/h10H,5-9H2,1-4H3. The number of carbonyl (C=O) groups excluding carboxylic acids is 1. The van der Waals surface area contributed by atoms with Crippen LogP contribution in [0.5, 0.6) is 0 Å². The van der Waals surface area contributed by atoms with Gasteiger partial charge in [-0.05, 0) is 39.8 Å². The summed E-state index contributed by atoms with van der Waals surface area (Å²) < 4.78 is 0. The molecular weight excluding hydrogens is 174 g/mol. The van der Waals surface area contributed by atoms with E-state index in [1.807, 2.05) is 0 Å². The molecule has 0 aliphatic carbocycles. The van der Waals surface area contributed by atoms with Crippen LogP contribution in [0.4, 0.5) is 0 Å². The molecule has 0 bridgehead atoms. The van der Waals surface area contributed by atoms with Crippen molar-refractivity contribution in [1.82, 2.24) is 4.90 Å². The molecule has 0 aromatic carbocycles. The topological polar surface area (TPSA) is 20.3 Å². The van der Waals surface area contributed by atoms with Crippen LogP contribution in [-0.4, -0.2) is 29.8 Å². The van der Waals surface area contributed by atoms with E-state index >= 15 is 0 Å². The highest BCUT2D eigenvalue weighted by Gasteiger charge is 2.34. The zero-order chi connectivity index (χ0) is 10.8. The summed E-state index contributed by atoms with van der Waals surface area (Å²) in [7, 11) is 0. The van der Waals surface area contributed by atoms with Gasteiger partial charge in [0.2, 0.25) is 0 Å². The second kappa shape index (κ2) is 4.43. The Morgan fingerprint density at radius 1 is 1.21 bits per heavy atom. The number of piperidine rings is 1. The summed E-state index contributed by atoms with van der Waals surface area (Å²) in [5, 5.41) is 0. The number of carbonyl (C=O) groups is 1. The van der Waals surface area contributed by atoms with Gasteiger partial charge in [-0.2, -0.15) is 0 Å². The van der Waals surface area contributed by atoms with Crippen LogP contribution >= 0.6 is 0 Å². The summed E-state index contributed by atoms with van der Waals surface area (Å²) in [6.45, 7) is 10.4. The Balaban J connectivity index is 2.62. The largest absolute Gasteiger partial charge is 0.300 e. The quantitative estimate of drug-likeness (QED) is 0.692. The van der Waals surface area contributed by atoms with Gasteiger partial charge in [-0.25, -0.2) is 0 Å². The third kappa shape index (κ3) is 2.35. The first kappa shape index (κ1) is 11.7. The fourth-order valence-electron chi connectivity index (χ4n) is 2.06. The van der Waals surface area contributed by atoms with E-state index in [2.05, 4.69) is 25.7 Å². The van der Waals surface area contributed by atoms with Crippen LogP contribution in [0.25, 0.3) is 0 Å². The smallest absolute Gasteiger partial charge is 0.136 e. The van der Waals surface area contributed by atoms with Crippen molar-refractivity contribution < 1.29 is 4.79 Å². The van der Waals surface area contributed by atoms with E-state index in [1.165, 1.54) is 19.3 Å². The first-order valence-corrected chi connectivity index (χ1v) is 5.71. The van der Waals surface area contributed by atoms with Gasteiger partial charge in [0.25, 0.3) is 0 Å². The maximum Gasteiger partial charge on any atom is 0.136 e. The lowest BCUT2D eigenvalue weighted by Crippen LogP contribution is -2.48. The Bertz CT molecular complexity index is 204. The van der Waals surface area contributed by atoms with Crippen LogP contribution in [-0.2, 0) is 4.79 Å². The first-order valence-electron chi connectivity index (χ1n) is 5.71. The average molecular weight is 197 g/mol. The number of hydrogen-bond donors (Lipinski definition) is 0. The Morgan fingerprint density at radius 3 is 2.14 bits per heavy atom. The van der Waals surface area contributed by atoms with Gasteiger partial charge in [-0.3, -0.25) is 9.69 Å². The SMILES string of the molecule is CC(=O)C(C)(C)C(C)N1CCCCC1. The lowest BCUT2D eigenvalue weighted by molar-refractivity contribution is -0.128. The van der Waals surface area contributed by atoms with E-state index in [9.17, 15) is 4.79 Å². The van der Waals surface area contributed by atoms with Crippen molar-refractivity contribution in [3.05, 3.63) is 0 Å². The molecule has 1 fully saturated rings. The van der Waals surface area contributed by atoms with Crippen molar-refractivity contribution in [2.24, 2.45) is 5.41 Å². The maximum absolute atomic E-state index is 11.5. The Morgan fingerprint density at radius 2 is 1.71 bits per heavy atom. The zero-order valence-electron chi connectivity index (χ0n) is 9.97. The molecule has 0 radical (unpaired) electrons. The maximum atomic E-state index is 11.5. The van der Waals surface area contributed by atoms with Crippen molar-refractivity contribution in [3.8, 4) is 0 Å². The molecule has 1 saturated heterocycles. The molecule has 14 heavy (non-hydrogen) atoms. The first-order chi connectivity index (χ1) is 6.46. The van der Waals surface area contributed by atoms with Crippen molar-refractivity contribution in [3.63, 3.8) is 0 Å². The molecule has 1 unspecified atom stereocenters. The van der Waals surface area contributed by atoms with E-state index in [0.29, 0.717) is 11.8 Å². The molecule has 0 amide bonds. The van der Waals surface area contributed by atoms with Gasteiger partial charge in [0.15, 0.2) is 0 Å². The van der Waals surface area contributed by atoms with Crippen LogP contribution in [0.1, 0.15) is 47.0 Å². The second-order valence-corrected chi connectivity index (χ2v) is 5.05. The number of rotatable bonds is 3. The molecule has 0 N–H and O–H groups in total. The number of hydrogen-bond acceptors (Lipinski definition) is 2. The molecule has 0 aromatic rings. The van der Waals surface area contributed by atoms with Gasteiger partial charge in [0.1, 0.15) is 5.78 Å². The van der Waals surface area contributed by atoms with E-state index in [0.717, 1.165) is 13.1 Å². The van der Waals surface area contributed by atoms with Crippen LogP contribution in [0.3, 0.4) is 0 Å². The molecular formula is C12H23NO. The summed E-state index contributed by atoms with van der Waals surface area (Å²) in [4.78, 5) is 14.0. The summed E-state index contributed by atoms with van der Waals surface area (Å²) in [6.07, 6.45) is 3.93. The molecule has 1 rings (SSSR count). The number of Topliss-reactive ketones (excluding diaryl/α,β-unsaturated/α-hetero) is 1. The minimum absolute atomic E-state index is 0.197. The Hall–Kier alpha value is -0.370. The van der Waals surface area contributed by atoms with Gasteiger partial charge in [0.05, 0.1) is 0 Å². The predicted molar refractivity (Wildman–Crippen MR) is 59.3 cm³/mol. The van der Waals surface area contributed by atoms with Gasteiger partial charge in [0, 0.05) is 11.5 Å². The van der Waals surface area contributed by atoms with Crippen molar-refractivity contribution in [2.75, 3.05) is 13.1 Å². The fraction of sp³-hybridized carbons (Fsp3) is 0.917. The highest BCUT2D eigenvalue weighted by atomic mass is 16.1. The van der Waals surface area contributed by atoms with E-state index < -0.39 is 0 Å². The molecule has 0 spiro atoms. The van der Waals surface area contributed by atoms with Crippen molar-refractivity contribution in [1.29, 1.82) is 0 Å². The molecule has 0 saturated carbocycles. The molecule has 2 nitrogen and oxygen atoms in total. The average Bonchev–Trinajstić information content (AvgIpc) is 2.17. The summed E-state index contributed by atoms with van der Waals surface area (Å²) in [6, 6.07) is 0.375. The van der Waals surface area contributed by atoms with Crippen molar-refractivity contribution >= 4 is 5.78 Å². The molecule has 82 valence electrons. The minimum Gasteiger partial charge on any atom is -0.300 e. The summed E-state index contributed by atoms with van der Waals surface area (Å²) in [5.41, 5.74) is -0.197. The lowest BCUT2D eigenvalue weighted by atomic mass is 9.80. The Labute approximate surface area is 87.7 Å².